The van der Waals surface area contributed by atoms with Crippen LogP contribution in [0.15, 0.2) is 34.0 Å². The van der Waals surface area contributed by atoms with Gasteiger partial charge in [-0.1, -0.05) is 17.3 Å². The number of aliphatic carboxylic acids is 1. The van der Waals surface area contributed by atoms with Crippen molar-refractivity contribution < 1.29 is 29.1 Å². The van der Waals surface area contributed by atoms with Crippen molar-refractivity contribution in [1.82, 2.24) is 15.2 Å². The van der Waals surface area contributed by atoms with Gasteiger partial charge in [-0.3, -0.25) is 14.5 Å². The summed E-state index contributed by atoms with van der Waals surface area (Å²) in [7, 11) is 2.80. The lowest BCUT2D eigenvalue weighted by atomic mass is 10.0. The third kappa shape index (κ3) is 4.17. The molecule has 0 bridgehead atoms. The summed E-state index contributed by atoms with van der Waals surface area (Å²) in [5.41, 5.74) is 6.09. The molecule has 0 unspecified atom stereocenters. The van der Waals surface area contributed by atoms with Gasteiger partial charge in [0, 0.05) is 18.2 Å². The number of amides is 2. The van der Waals surface area contributed by atoms with E-state index in [1.807, 2.05) is 0 Å². The van der Waals surface area contributed by atoms with E-state index in [0.717, 1.165) is 11.3 Å². The summed E-state index contributed by atoms with van der Waals surface area (Å²) in [5, 5.41) is 17.1. The highest BCUT2D eigenvalue weighted by Gasteiger charge is 2.54. The zero-order valence-electron chi connectivity index (χ0n) is 16.0. The van der Waals surface area contributed by atoms with Gasteiger partial charge in [0.15, 0.2) is 10.8 Å². The summed E-state index contributed by atoms with van der Waals surface area (Å²) >= 11 is 2.48. The number of carbonyl (C=O) groups excluding carboxylic acids is 2. The topological polar surface area (TPSA) is 156 Å². The van der Waals surface area contributed by atoms with Crippen molar-refractivity contribution in [1.29, 1.82) is 0 Å². The number of nitrogens with zero attached hydrogens (tertiary/aromatic N) is 3. The number of fused-ring (bicyclic) bond motifs is 1. The van der Waals surface area contributed by atoms with Crippen LogP contribution in [-0.4, -0.2) is 76.5 Å². The number of thioether (sulfide) groups is 1. The van der Waals surface area contributed by atoms with Crippen LogP contribution in [-0.2, 0) is 24.0 Å². The molecule has 1 aromatic heterocycles. The maximum atomic E-state index is 12.7. The van der Waals surface area contributed by atoms with Gasteiger partial charge in [-0.25, -0.2) is 9.78 Å². The lowest BCUT2D eigenvalue weighted by molar-refractivity contribution is -0.150. The average Bonchev–Trinajstić information content (AvgIpc) is 3.15. The Balaban J connectivity index is 1.78. The molecule has 160 valence electrons. The Morgan fingerprint density at radius 3 is 2.87 bits per heavy atom. The standard InChI is InChI=1S/C17H19N5O6S2/c1-27-5-3-4-8-6-29-15-11(14(24)22(15)12(8)16(25)26)20-13(23)10(21-28-2)9-7-30-17(18)19-9/h3-4,7,11,15H,5-6H2,1-2H3,(H2,18,19)(H,20,23)(H,25,26)/b4-3+,21-10-/t11-,15-/m1/s1. The normalized spacial score (nSPS) is 21.5. The summed E-state index contributed by atoms with van der Waals surface area (Å²) in [6.07, 6.45) is 3.31. The van der Waals surface area contributed by atoms with Gasteiger partial charge >= 0.3 is 5.97 Å². The van der Waals surface area contributed by atoms with Crippen LogP contribution >= 0.6 is 23.1 Å². The molecule has 2 amide bonds. The number of thiazole rings is 1. The molecule has 3 rings (SSSR count). The number of anilines is 1. The largest absolute Gasteiger partial charge is 0.477 e. The van der Waals surface area contributed by atoms with Crippen molar-refractivity contribution in [3.05, 3.63) is 34.5 Å². The second kappa shape index (κ2) is 9.28. The number of hydrogen-bond acceptors (Lipinski definition) is 10. The predicted molar refractivity (Wildman–Crippen MR) is 111 cm³/mol. The molecule has 1 saturated heterocycles. The van der Waals surface area contributed by atoms with Crippen molar-refractivity contribution >= 4 is 51.7 Å². The quantitative estimate of drug-likeness (QED) is 0.280. The fourth-order valence-electron chi connectivity index (χ4n) is 2.96. The third-order valence-corrected chi connectivity index (χ3v) is 6.21. The van der Waals surface area contributed by atoms with Crippen LogP contribution in [0.2, 0.25) is 0 Å². The zero-order valence-corrected chi connectivity index (χ0v) is 17.7. The first-order valence-corrected chi connectivity index (χ1v) is 10.5. The Hall–Kier alpha value is -2.90. The molecule has 4 N–H and O–H groups in total. The fraction of sp³-hybridized carbons (Fsp3) is 0.353. The molecule has 2 atom stereocenters. The summed E-state index contributed by atoms with van der Waals surface area (Å²) < 4.78 is 4.93. The SMILES string of the molecule is COC/C=C/C1=C(C(=O)O)N2C(=O)[C@@H](NC(=O)/C(=N\OC)c3csc(N)n3)[C@H]2SC1. The van der Waals surface area contributed by atoms with Crippen LogP contribution in [0.1, 0.15) is 5.69 Å². The molecule has 0 spiro atoms. The fourth-order valence-corrected chi connectivity index (χ4v) is 4.83. The Morgan fingerprint density at radius 2 is 2.27 bits per heavy atom. The first kappa shape index (κ1) is 21.8. The first-order chi connectivity index (χ1) is 14.4. The predicted octanol–water partition coefficient (Wildman–Crippen LogP) is 0.0170. The van der Waals surface area contributed by atoms with Crippen LogP contribution in [0.3, 0.4) is 0 Å². The highest BCUT2D eigenvalue weighted by Crippen LogP contribution is 2.40. The van der Waals surface area contributed by atoms with E-state index in [0.29, 0.717) is 17.9 Å². The van der Waals surface area contributed by atoms with E-state index < -0.39 is 29.2 Å². The minimum absolute atomic E-state index is 0.0975. The molecule has 1 fully saturated rings. The molecule has 0 aromatic carbocycles. The number of carboxylic acids is 1. The van der Waals surface area contributed by atoms with Crippen molar-refractivity contribution in [3.8, 4) is 0 Å². The summed E-state index contributed by atoms with van der Waals surface area (Å²) in [6.45, 7) is 0.319. The first-order valence-electron chi connectivity index (χ1n) is 8.59. The molecule has 0 aliphatic carbocycles. The van der Waals surface area contributed by atoms with Gasteiger partial charge in [-0.05, 0) is 5.57 Å². The monoisotopic (exact) mass is 453 g/mol. The van der Waals surface area contributed by atoms with Crippen LogP contribution < -0.4 is 11.1 Å². The number of allylic oxidation sites excluding steroid dienone is 1. The number of hydrogen-bond donors (Lipinski definition) is 3. The van der Waals surface area contributed by atoms with E-state index in [4.69, 9.17) is 15.3 Å². The summed E-state index contributed by atoms with van der Waals surface area (Å²) in [6, 6.07) is -0.903. The van der Waals surface area contributed by atoms with E-state index in [-0.39, 0.29) is 22.2 Å². The van der Waals surface area contributed by atoms with Crippen molar-refractivity contribution in [2.45, 2.75) is 11.4 Å². The van der Waals surface area contributed by atoms with Gasteiger partial charge in [0.1, 0.15) is 29.9 Å². The van der Waals surface area contributed by atoms with E-state index in [9.17, 15) is 19.5 Å². The highest BCUT2D eigenvalue weighted by molar-refractivity contribution is 8.00. The minimum Gasteiger partial charge on any atom is -0.477 e. The molecule has 1 aromatic rings. The van der Waals surface area contributed by atoms with Crippen LogP contribution in [0.5, 0.6) is 0 Å². The van der Waals surface area contributed by atoms with Crippen molar-refractivity contribution in [2.75, 3.05) is 32.3 Å². The van der Waals surface area contributed by atoms with Crippen LogP contribution in [0, 0.1) is 0 Å². The number of nitrogen functional groups attached to an aromatic ring is 1. The number of carbonyl (C=O) groups is 3. The Morgan fingerprint density at radius 1 is 1.50 bits per heavy atom. The highest BCUT2D eigenvalue weighted by atomic mass is 32.2. The van der Waals surface area contributed by atoms with Crippen LogP contribution in [0.25, 0.3) is 0 Å². The number of aromatic nitrogens is 1. The molecule has 0 saturated carbocycles. The van der Waals surface area contributed by atoms with E-state index in [1.165, 1.54) is 30.9 Å². The van der Waals surface area contributed by atoms with Gasteiger partial charge < -0.3 is 25.7 Å². The van der Waals surface area contributed by atoms with E-state index in [1.54, 1.807) is 17.5 Å². The number of nitrogens with two attached hydrogens (primary N) is 1. The van der Waals surface area contributed by atoms with Gasteiger partial charge in [0.25, 0.3) is 11.8 Å². The molecule has 2 aliphatic rings. The average molecular weight is 454 g/mol. The number of nitrogens with one attached hydrogen (secondary N) is 1. The number of rotatable bonds is 8. The number of methoxy groups -OCH3 is 1. The van der Waals surface area contributed by atoms with Gasteiger partial charge in [0.2, 0.25) is 0 Å². The molecule has 0 radical (unpaired) electrons. The second-order valence-corrected chi connectivity index (χ2v) is 8.09. The number of oxime groups is 1. The Labute approximate surface area is 179 Å². The smallest absolute Gasteiger partial charge is 0.352 e. The van der Waals surface area contributed by atoms with Crippen molar-refractivity contribution in [2.24, 2.45) is 5.16 Å². The number of β-lactam (4-membered cyclic amide) rings is 1. The Bertz CT molecular complexity index is 956. The minimum atomic E-state index is -1.21. The molecular formula is C17H19N5O6S2. The van der Waals surface area contributed by atoms with Gasteiger partial charge in [-0.2, -0.15) is 0 Å². The van der Waals surface area contributed by atoms with Crippen LogP contribution in [0.4, 0.5) is 5.13 Å². The van der Waals surface area contributed by atoms with E-state index in [2.05, 4.69) is 15.5 Å². The lowest BCUT2D eigenvalue weighted by Gasteiger charge is -2.49. The maximum absolute atomic E-state index is 12.7. The summed E-state index contributed by atoms with van der Waals surface area (Å²) in [5.74, 6) is -2.04. The molecule has 13 heteroatoms. The van der Waals surface area contributed by atoms with Gasteiger partial charge in [-0.15, -0.1) is 23.1 Å². The van der Waals surface area contributed by atoms with E-state index >= 15 is 0 Å². The third-order valence-electron chi connectivity index (χ3n) is 4.23. The number of ether oxygens (including phenoxy) is 1. The van der Waals surface area contributed by atoms with Crippen molar-refractivity contribution in [3.63, 3.8) is 0 Å². The number of carboxylic acid groups (broad SMARTS) is 1. The lowest BCUT2D eigenvalue weighted by Crippen LogP contribution is -2.71. The van der Waals surface area contributed by atoms with Gasteiger partial charge in [0.05, 0.1) is 6.61 Å². The maximum Gasteiger partial charge on any atom is 0.352 e. The molecule has 30 heavy (non-hydrogen) atoms. The molecule has 11 nitrogen and oxygen atoms in total. The molecule has 3 heterocycles. The zero-order chi connectivity index (χ0) is 21.8. The summed E-state index contributed by atoms with van der Waals surface area (Å²) in [4.78, 5) is 47.1. The molecule has 2 aliphatic heterocycles. The molecular weight excluding hydrogens is 434 g/mol. The second-order valence-electron chi connectivity index (χ2n) is 6.09. The Kier molecular flexibility index (Phi) is 6.74.